The summed E-state index contributed by atoms with van der Waals surface area (Å²) >= 11 is 9.11. The van der Waals surface area contributed by atoms with Gasteiger partial charge in [-0.05, 0) is 60.1 Å². The minimum atomic E-state index is -3.31. The van der Waals surface area contributed by atoms with Crippen LogP contribution in [0.4, 0.5) is 5.69 Å². The summed E-state index contributed by atoms with van der Waals surface area (Å²) in [6.07, 6.45) is 1.63. The third-order valence-electron chi connectivity index (χ3n) is 2.39. The van der Waals surface area contributed by atoms with Gasteiger partial charge in [-0.1, -0.05) is 18.5 Å². The number of anilines is 1. The van der Waals surface area contributed by atoms with Gasteiger partial charge in [-0.3, -0.25) is 4.72 Å². The summed E-state index contributed by atoms with van der Waals surface area (Å²) in [7, 11) is -3.31. The van der Waals surface area contributed by atoms with Gasteiger partial charge >= 0.3 is 0 Å². The lowest BCUT2D eigenvalue weighted by Gasteiger charge is -2.09. The molecule has 2 N–H and O–H groups in total. The molecular weight excluding hydrogens is 352 g/mol. The highest BCUT2D eigenvalue weighted by Crippen LogP contribution is 2.26. The van der Waals surface area contributed by atoms with Crippen molar-refractivity contribution in [3.8, 4) is 0 Å². The Morgan fingerprint density at radius 3 is 2.68 bits per heavy atom. The van der Waals surface area contributed by atoms with Crippen molar-refractivity contribution in [2.75, 3.05) is 23.6 Å². The largest absolute Gasteiger partial charge is 0.317 e. The standard InChI is InChI=1S/C12H18BrClN2O2S/c1-2-6-15-7-3-8-19(17,18)16-10-4-5-12(14)11(13)9-10/h4-5,9,15-16H,2-3,6-8H2,1H3. The minimum Gasteiger partial charge on any atom is -0.317 e. The van der Waals surface area contributed by atoms with Crippen molar-refractivity contribution in [3.63, 3.8) is 0 Å². The van der Waals surface area contributed by atoms with Crippen molar-refractivity contribution in [2.45, 2.75) is 19.8 Å². The molecule has 0 spiro atoms. The van der Waals surface area contributed by atoms with E-state index in [2.05, 4.69) is 32.9 Å². The molecule has 0 saturated carbocycles. The first-order chi connectivity index (χ1) is 8.94. The highest BCUT2D eigenvalue weighted by Gasteiger charge is 2.10. The van der Waals surface area contributed by atoms with Gasteiger partial charge in [-0.2, -0.15) is 0 Å². The quantitative estimate of drug-likeness (QED) is 0.692. The van der Waals surface area contributed by atoms with Crippen LogP contribution in [0, 0.1) is 0 Å². The number of sulfonamides is 1. The normalized spacial score (nSPS) is 11.5. The van der Waals surface area contributed by atoms with Crippen molar-refractivity contribution in [1.29, 1.82) is 0 Å². The molecule has 108 valence electrons. The van der Waals surface area contributed by atoms with E-state index in [0.29, 0.717) is 28.1 Å². The van der Waals surface area contributed by atoms with Crippen LogP contribution in [0.5, 0.6) is 0 Å². The molecule has 0 saturated heterocycles. The molecule has 19 heavy (non-hydrogen) atoms. The average molecular weight is 370 g/mol. The van der Waals surface area contributed by atoms with Crippen LogP contribution in [0.2, 0.25) is 5.02 Å². The van der Waals surface area contributed by atoms with Gasteiger partial charge in [0.15, 0.2) is 0 Å². The number of rotatable bonds is 8. The summed E-state index contributed by atoms with van der Waals surface area (Å²) in [4.78, 5) is 0. The molecule has 7 heteroatoms. The van der Waals surface area contributed by atoms with Gasteiger partial charge < -0.3 is 5.32 Å². The van der Waals surface area contributed by atoms with Crippen LogP contribution in [0.1, 0.15) is 19.8 Å². The average Bonchev–Trinajstić information content (AvgIpc) is 2.33. The topological polar surface area (TPSA) is 58.2 Å². The maximum absolute atomic E-state index is 11.8. The summed E-state index contributed by atoms with van der Waals surface area (Å²) in [5.74, 6) is 0.101. The Morgan fingerprint density at radius 1 is 1.32 bits per heavy atom. The van der Waals surface area contributed by atoms with E-state index in [1.54, 1.807) is 18.2 Å². The van der Waals surface area contributed by atoms with Crippen LogP contribution in [0.15, 0.2) is 22.7 Å². The maximum atomic E-state index is 11.8. The fourth-order valence-corrected chi connectivity index (χ4v) is 3.09. The van der Waals surface area contributed by atoms with Crippen molar-refractivity contribution >= 4 is 43.2 Å². The molecule has 0 amide bonds. The second kappa shape index (κ2) is 8.09. The molecule has 0 bridgehead atoms. The summed E-state index contributed by atoms with van der Waals surface area (Å²) in [5.41, 5.74) is 0.512. The molecule has 1 aromatic carbocycles. The Kier molecular flexibility index (Phi) is 7.13. The predicted octanol–water partition coefficient (Wildman–Crippen LogP) is 3.23. The number of hydrogen-bond acceptors (Lipinski definition) is 3. The summed E-state index contributed by atoms with van der Waals surface area (Å²) in [5, 5.41) is 3.72. The second-order valence-corrected chi connectivity index (χ2v) is 7.26. The van der Waals surface area contributed by atoms with E-state index >= 15 is 0 Å². The summed E-state index contributed by atoms with van der Waals surface area (Å²) < 4.78 is 26.9. The van der Waals surface area contributed by atoms with Gasteiger partial charge in [0.25, 0.3) is 0 Å². The maximum Gasteiger partial charge on any atom is 0.232 e. The van der Waals surface area contributed by atoms with Crippen molar-refractivity contribution in [3.05, 3.63) is 27.7 Å². The lowest BCUT2D eigenvalue weighted by Crippen LogP contribution is -2.22. The SMILES string of the molecule is CCCNCCCS(=O)(=O)Nc1ccc(Cl)c(Br)c1. The molecule has 1 rings (SSSR count). The van der Waals surface area contributed by atoms with Gasteiger partial charge in [0.1, 0.15) is 0 Å². The molecule has 0 aromatic heterocycles. The molecule has 0 atom stereocenters. The van der Waals surface area contributed by atoms with Gasteiger partial charge in [0.2, 0.25) is 10.0 Å². The van der Waals surface area contributed by atoms with Crippen LogP contribution >= 0.6 is 27.5 Å². The van der Waals surface area contributed by atoms with E-state index in [-0.39, 0.29) is 5.75 Å². The fourth-order valence-electron chi connectivity index (χ4n) is 1.48. The lowest BCUT2D eigenvalue weighted by molar-refractivity contribution is 0.593. The van der Waals surface area contributed by atoms with Crippen LogP contribution < -0.4 is 10.0 Å². The van der Waals surface area contributed by atoms with Crippen molar-refractivity contribution in [2.24, 2.45) is 0 Å². The monoisotopic (exact) mass is 368 g/mol. The molecule has 0 radical (unpaired) electrons. The highest BCUT2D eigenvalue weighted by atomic mass is 79.9. The lowest BCUT2D eigenvalue weighted by atomic mass is 10.3. The fraction of sp³-hybridized carbons (Fsp3) is 0.500. The van der Waals surface area contributed by atoms with Crippen molar-refractivity contribution < 1.29 is 8.42 Å². The van der Waals surface area contributed by atoms with Crippen LogP contribution in [0.25, 0.3) is 0 Å². The van der Waals surface area contributed by atoms with Crippen LogP contribution in [-0.2, 0) is 10.0 Å². The second-order valence-electron chi connectivity index (χ2n) is 4.15. The van der Waals surface area contributed by atoms with E-state index in [9.17, 15) is 8.42 Å². The number of benzene rings is 1. The number of halogens is 2. The third-order valence-corrected chi connectivity index (χ3v) is 4.97. The van der Waals surface area contributed by atoms with E-state index in [1.165, 1.54) is 0 Å². The smallest absolute Gasteiger partial charge is 0.232 e. The van der Waals surface area contributed by atoms with E-state index in [1.807, 2.05) is 0 Å². The Labute approximate surface area is 128 Å². The zero-order chi connectivity index (χ0) is 14.3. The Hall–Kier alpha value is -0.300. The van der Waals surface area contributed by atoms with E-state index < -0.39 is 10.0 Å². The van der Waals surface area contributed by atoms with Gasteiger partial charge in [0, 0.05) is 10.2 Å². The third kappa shape index (κ3) is 6.61. The molecule has 0 heterocycles. The summed E-state index contributed by atoms with van der Waals surface area (Å²) in [6.45, 7) is 3.69. The van der Waals surface area contributed by atoms with E-state index in [0.717, 1.165) is 13.0 Å². The summed E-state index contributed by atoms with van der Waals surface area (Å²) in [6, 6.07) is 4.93. The first-order valence-electron chi connectivity index (χ1n) is 6.11. The molecule has 4 nitrogen and oxygen atoms in total. The number of hydrogen-bond donors (Lipinski definition) is 2. The molecule has 0 aliphatic carbocycles. The van der Waals surface area contributed by atoms with Gasteiger partial charge in [-0.25, -0.2) is 8.42 Å². The Morgan fingerprint density at radius 2 is 2.05 bits per heavy atom. The van der Waals surface area contributed by atoms with Crippen molar-refractivity contribution in [1.82, 2.24) is 5.32 Å². The van der Waals surface area contributed by atoms with Gasteiger partial charge in [-0.15, -0.1) is 0 Å². The first kappa shape index (κ1) is 16.8. The number of nitrogens with one attached hydrogen (secondary N) is 2. The minimum absolute atomic E-state index is 0.101. The zero-order valence-corrected chi connectivity index (χ0v) is 13.9. The highest BCUT2D eigenvalue weighted by molar-refractivity contribution is 9.10. The molecule has 1 aromatic rings. The zero-order valence-electron chi connectivity index (χ0n) is 10.7. The van der Waals surface area contributed by atoms with Crippen LogP contribution in [-0.4, -0.2) is 27.3 Å². The molecule has 0 aliphatic rings. The van der Waals surface area contributed by atoms with Crippen LogP contribution in [0.3, 0.4) is 0 Å². The Bertz CT molecular complexity index is 508. The van der Waals surface area contributed by atoms with E-state index in [4.69, 9.17) is 11.6 Å². The van der Waals surface area contributed by atoms with Gasteiger partial charge in [0.05, 0.1) is 10.8 Å². The molecule has 0 aliphatic heterocycles. The first-order valence-corrected chi connectivity index (χ1v) is 8.93. The molecular formula is C12H18BrClN2O2S. The molecule has 0 fully saturated rings. The molecule has 0 unspecified atom stereocenters. The predicted molar refractivity (Wildman–Crippen MR) is 84.3 cm³/mol. The Balaban J connectivity index is 2.47.